The molecule has 0 saturated carbocycles. The Morgan fingerprint density at radius 1 is 0.178 bits per heavy atom. The molecule has 0 fully saturated rings. The molecular formula is C100H66O. The van der Waals surface area contributed by atoms with Gasteiger partial charge in [-0.3, -0.25) is 0 Å². The van der Waals surface area contributed by atoms with Crippen LogP contribution in [0.3, 0.4) is 0 Å². The summed E-state index contributed by atoms with van der Waals surface area (Å²) in [7, 11) is 0. The molecule has 15 aromatic carbocycles. The van der Waals surface area contributed by atoms with Gasteiger partial charge in [-0.25, -0.2) is 0 Å². The SMILES string of the molecule is Cc1cccc(-c2cc(-c3ccc(C#Cc4ccccc4)cc3)c(-c3ccc(Oc4ccc(-c5c(-c6ccc(C#Cc7ccccc7)cc6)cc(C)c(-c6ccc(C#Cc7ccccc7)cc6)c5-c5ccccc5)cc4)cc3)c(-c3ccccc3)c2-c2ccc(C#Cc3ccccc3)cc2)c1. The van der Waals surface area contributed by atoms with E-state index in [0.717, 1.165) is 150 Å². The second-order valence-corrected chi connectivity index (χ2v) is 25.0. The van der Waals surface area contributed by atoms with Crippen LogP contribution in [0.4, 0.5) is 0 Å². The third-order valence-corrected chi connectivity index (χ3v) is 18.1. The molecule has 0 unspecified atom stereocenters. The highest BCUT2D eigenvalue weighted by atomic mass is 16.5. The van der Waals surface area contributed by atoms with E-state index in [1.165, 1.54) is 5.56 Å². The van der Waals surface area contributed by atoms with Crippen molar-refractivity contribution >= 4 is 0 Å². The fourth-order valence-corrected chi connectivity index (χ4v) is 13.1. The predicted octanol–water partition coefficient (Wildman–Crippen LogP) is 24.7. The van der Waals surface area contributed by atoms with Crippen LogP contribution in [0.15, 0.2) is 364 Å². The zero-order valence-corrected chi connectivity index (χ0v) is 56.0. The third-order valence-electron chi connectivity index (χ3n) is 18.1. The summed E-state index contributed by atoms with van der Waals surface area (Å²) in [5, 5.41) is 0. The van der Waals surface area contributed by atoms with Crippen molar-refractivity contribution in [3.05, 3.63) is 420 Å². The van der Waals surface area contributed by atoms with Gasteiger partial charge in [-0.1, -0.05) is 290 Å². The largest absolute Gasteiger partial charge is 0.457 e. The van der Waals surface area contributed by atoms with E-state index in [2.05, 4.69) is 304 Å². The van der Waals surface area contributed by atoms with Gasteiger partial charge < -0.3 is 4.74 Å². The van der Waals surface area contributed by atoms with Crippen molar-refractivity contribution in [3.63, 3.8) is 0 Å². The number of hydrogen-bond acceptors (Lipinski definition) is 1. The minimum atomic E-state index is 0.713. The number of hydrogen-bond donors (Lipinski definition) is 0. The first-order valence-electron chi connectivity index (χ1n) is 34.0. The van der Waals surface area contributed by atoms with Gasteiger partial charge in [0.1, 0.15) is 11.5 Å². The van der Waals surface area contributed by atoms with E-state index in [0.29, 0.717) is 11.5 Å². The Balaban J connectivity index is 0.841. The second kappa shape index (κ2) is 29.8. The molecule has 15 rings (SSSR count). The molecule has 0 atom stereocenters. The summed E-state index contributed by atoms with van der Waals surface area (Å²) < 4.78 is 6.92. The van der Waals surface area contributed by atoms with Gasteiger partial charge in [0.05, 0.1) is 0 Å². The fraction of sp³-hybridized carbons (Fsp3) is 0.0200. The van der Waals surface area contributed by atoms with E-state index in [9.17, 15) is 0 Å². The van der Waals surface area contributed by atoms with E-state index in [4.69, 9.17) is 4.74 Å². The molecule has 0 spiro atoms. The van der Waals surface area contributed by atoms with E-state index >= 15 is 0 Å². The van der Waals surface area contributed by atoms with Crippen LogP contribution >= 0.6 is 0 Å². The van der Waals surface area contributed by atoms with Gasteiger partial charge in [0.15, 0.2) is 0 Å². The van der Waals surface area contributed by atoms with Crippen LogP contribution in [0, 0.1) is 61.2 Å². The van der Waals surface area contributed by atoms with Gasteiger partial charge in [-0.05, 0) is 247 Å². The van der Waals surface area contributed by atoms with Crippen LogP contribution in [0.25, 0.3) is 100 Å². The molecule has 0 aromatic heterocycles. The maximum absolute atomic E-state index is 6.92. The minimum Gasteiger partial charge on any atom is -0.457 e. The summed E-state index contributed by atoms with van der Waals surface area (Å²) in [5.74, 6) is 28.5. The molecule has 0 saturated heterocycles. The summed E-state index contributed by atoms with van der Waals surface area (Å²) in [4.78, 5) is 0. The fourth-order valence-electron chi connectivity index (χ4n) is 13.1. The maximum atomic E-state index is 6.92. The van der Waals surface area contributed by atoms with Gasteiger partial charge in [0.2, 0.25) is 0 Å². The highest BCUT2D eigenvalue weighted by Crippen LogP contribution is 2.52. The maximum Gasteiger partial charge on any atom is 0.127 e. The Morgan fingerprint density at radius 2 is 0.426 bits per heavy atom. The Hall–Kier alpha value is -13.7. The molecule has 0 N–H and O–H groups in total. The molecule has 0 bridgehead atoms. The van der Waals surface area contributed by atoms with Gasteiger partial charge in [0, 0.05) is 44.5 Å². The quantitative estimate of drug-likeness (QED) is 0.117. The van der Waals surface area contributed by atoms with Crippen LogP contribution in [0.5, 0.6) is 11.5 Å². The molecule has 1 nitrogen and oxygen atoms in total. The molecule has 0 heterocycles. The first-order valence-corrected chi connectivity index (χ1v) is 34.0. The highest BCUT2D eigenvalue weighted by molar-refractivity contribution is 6.08. The summed E-state index contributed by atoms with van der Waals surface area (Å²) in [6.07, 6.45) is 0. The number of benzene rings is 15. The normalized spacial score (nSPS) is 10.6. The Bertz CT molecular complexity index is 5700. The van der Waals surface area contributed by atoms with Crippen molar-refractivity contribution in [2.24, 2.45) is 0 Å². The van der Waals surface area contributed by atoms with Gasteiger partial charge >= 0.3 is 0 Å². The summed E-state index contributed by atoms with van der Waals surface area (Å²) in [6, 6.07) is 128. The van der Waals surface area contributed by atoms with Crippen molar-refractivity contribution in [3.8, 4) is 159 Å². The summed E-state index contributed by atoms with van der Waals surface area (Å²) in [5.41, 5.74) is 29.9. The number of rotatable bonds is 11. The van der Waals surface area contributed by atoms with Crippen molar-refractivity contribution < 1.29 is 4.74 Å². The lowest BCUT2D eigenvalue weighted by atomic mass is 9.78. The third kappa shape index (κ3) is 14.7. The molecule has 0 aliphatic heterocycles. The Labute approximate surface area is 593 Å². The molecular weight excluding hydrogens is 1220 g/mol. The number of ether oxygens (including phenoxy) is 1. The van der Waals surface area contributed by atoms with Crippen molar-refractivity contribution in [1.82, 2.24) is 0 Å². The van der Waals surface area contributed by atoms with Crippen LogP contribution in [-0.2, 0) is 0 Å². The highest BCUT2D eigenvalue weighted by Gasteiger charge is 2.26. The molecule has 1 heteroatoms. The van der Waals surface area contributed by atoms with Crippen molar-refractivity contribution in [2.45, 2.75) is 13.8 Å². The van der Waals surface area contributed by atoms with Crippen LogP contribution in [-0.4, -0.2) is 0 Å². The predicted molar refractivity (Wildman–Crippen MR) is 421 cm³/mol. The molecule has 101 heavy (non-hydrogen) atoms. The average Bonchev–Trinajstić information content (AvgIpc) is 0.757. The van der Waals surface area contributed by atoms with Gasteiger partial charge in [0.25, 0.3) is 0 Å². The van der Waals surface area contributed by atoms with Crippen molar-refractivity contribution in [1.29, 1.82) is 0 Å². The lowest BCUT2D eigenvalue weighted by molar-refractivity contribution is 0.483. The van der Waals surface area contributed by atoms with E-state index in [-0.39, 0.29) is 0 Å². The minimum absolute atomic E-state index is 0.713. The van der Waals surface area contributed by atoms with E-state index < -0.39 is 0 Å². The summed E-state index contributed by atoms with van der Waals surface area (Å²) in [6.45, 7) is 4.39. The number of aryl methyl sites for hydroxylation is 2. The van der Waals surface area contributed by atoms with Gasteiger partial charge in [-0.2, -0.15) is 0 Å². The first kappa shape index (κ1) is 63.4. The Morgan fingerprint density at radius 3 is 0.762 bits per heavy atom. The Kier molecular flexibility index (Phi) is 18.7. The monoisotopic (exact) mass is 1280 g/mol. The van der Waals surface area contributed by atoms with Crippen LogP contribution in [0.2, 0.25) is 0 Å². The van der Waals surface area contributed by atoms with Crippen LogP contribution < -0.4 is 4.74 Å². The zero-order valence-electron chi connectivity index (χ0n) is 56.0. The molecule has 0 amide bonds. The molecule has 0 radical (unpaired) electrons. The average molecular weight is 1280 g/mol. The molecule has 0 aliphatic carbocycles. The van der Waals surface area contributed by atoms with Crippen molar-refractivity contribution in [2.75, 3.05) is 0 Å². The van der Waals surface area contributed by atoms with Gasteiger partial charge in [-0.15, -0.1) is 0 Å². The summed E-state index contributed by atoms with van der Waals surface area (Å²) >= 11 is 0. The standard InChI is InChI=1S/C100H66O/c1-71-22-21-35-89(68-71)94-70-93(82-54-46-78(47-55-82)41-37-74-25-11-4-12-26-74)97(100(84-33-19-8-20-34-84)98(94)86-58-50-80(51-59-86)43-39-76-29-15-6-16-30-76)88-62-66-91(67-63-88)101-90-64-60-87(61-65-90)96-92(81-52-44-77(45-53-81)40-36-73-23-9-3-10-24-73)69-72(2)95(99(96)83-31-17-7-18-32-83)85-56-48-79(49-57-85)42-38-75-27-13-5-14-28-75/h3-35,44-70H,1-2H3. The molecule has 472 valence electrons. The van der Waals surface area contributed by atoms with E-state index in [1.807, 2.05) is 121 Å². The lowest BCUT2D eigenvalue weighted by Gasteiger charge is -2.25. The molecule has 0 aliphatic rings. The first-order chi connectivity index (χ1) is 49.9. The van der Waals surface area contributed by atoms with E-state index in [1.54, 1.807) is 0 Å². The topological polar surface area (TPSA) is 9.23 Å². The molecule has 15 aromatic rings. The second-order valence-electron chi connectivity index (χ2n) is 25.0. The zero-order chi connectivity index (χ0) is 68.1. The van der Waals surface area contributed by atoms with Crippen LogP contribution in [0.1, 0.15) is 55.6 Å². The lowest BCUT2D eigenvalue weighted by Crippen LogP contribution is -1.98. The smallest absolute Gasteiger partial charge is 0.127 e.